The average molecular weight is 381 g/mol. The quantitative estimate of drug-likeness (QED) is 0.702. The van der Waals surface area contributed by atoms with Crippen LogP contribution in [0, 0.1) is 0 Å². The van der Waals surface area contributed by atoms with Crippen molar-refractivity contribution < 1.29 is 0 Å². The topological polar surface area (TPSA) is 79.1 Å². The number of halogens is 2. The van der Waals surface area contributed by atoms with Gasteiger partial charge in [-0.1, -0.05) is 35.7 Å². The fraction of sp³-hybridized carbons (Fsp3) is 0.412. The van der Waals surface area contributed by atoms with Gasteiger partial charge in [0.1, 0.15) is 12.0 Å². The second-order valence-corrected chi connectivity index (χ2v) is 6.83. The lowest BCUT2D eigenvalue weighted by Crippen LogP contribution is -2.33. The number of benzene rings is 1. The molecule has 0 amide bonds. The molecule has 0 atom stereocenters. The van der Waals surface area contributed by atoms with Crippen LogP contribution in [0.25, 0.3) is 0 Å². The second kappa shape index (κ2) is 8.56. The van der Waals surface area contributed by atoms with Gasteiger partial charge in [0.15, 0.2) is 11.6 Å². The maximum atomic E-state index is 6.21. The largest absolute Gasteiger partial charge is 0.393 e. The number of likely N-dealkylation sites (tertiary alicyclic amines) is 1. The van der Waals surface area contributed by atoms with Crippen molar-refractivity contribution in [2.24, 2.45) is 0 Å². The second-order valence-electron chi connectivity index (χ2n) is 6.04. The molecule has 1 fully saturated rings. The monoisotopic (exact) mass is 380 g/mol. The molecule has 6 nitrogen and oxygen atoms in total. The van der Waals surface area contributed by atoms with E-state index in [1.54, 1.807) is 6.07 Å². The van der Waals surface area contributed by atoms with Crippen LogP contribution >= 0.6 is 23.2 Å². The van der Waals surface area contributed by atoms with Crippen molar-refractivity contribution >= 4 is 46.2 Å². The molecule has 4 N–H and O–H groups in total. The standard InChI is InChI=1S/C17H22Cl2N6/c18-12-5-4-6-13(14(12)19)24-17-15(20)16(22-11-23-17)21-7-10-25-8-2-1-3-9-25/h4-6,11H,1-3,7-10,20H2,(H2,21,22,23,24). The van der Waals surface area contributed by atoms with Gasteiger partial charge < -0.3 is 21.3 Å². The van der Waals surface area contributed by atoms with E-state index in [2.05, 4.69) is 25.5 Å². The summed E-state index contributed by atoms with van der Waals surface area (Å²) in [5.74, 6) is 1.12. The molecule has 1 aromatic carbocycles. The molecular weight excluding hydrogens is 359 g/mol. The van der Waals surface area contributed by atoms with Crippen molar-refractivity contribution in [2.45, 2.75) is 19.3 Å². The third kappa shape index (κ3) is 4.66. The number of aromatic nitrogens is 2. The van der Waals surface area contributed by atoms with Crippen molar-refractivity contribution in [3.05, 3.63) is 34.6 Å². The van der Waals surface area contributed by atoms with Gasteiger partial charge in [0.2, 0.25) is 0 Å². The first-order valence-corrected chi connectivity index (χ1v) is 9.18. The highest BCUT2D eigenvalue weighted by molar-refractivity contribution is 6.43. The van der Waals surface area contributed by atoms with Gasteiger partial charge in [0.05, 0.1) is 15.7 Å². The fourth-order valence-electron chi connectivity index (χ4n) is 2.88. The molecule has 0 unspecified atom stereocenters. The molecule has 134 valence electrons. The zero-order chi connectivity index (χ0) is 17.6. The van der Waals surface area contributed by atoms with E-state index in [0.717, 1.165) is 13.1 Å². The average Bonchev–Trinajstić information content (AvgIpc) is 2.63. The number of nitrogens with one attached hydrogen (secondary N) is 2. The van der Waals surface area contributed by atoms with Crippen LogP contribution in [-0.2, 0) is 0 Å². The van der Waals surface area contributed by atoms with E-state index in [1.807, 2.05) is 12.1 Å². The van der Waals surface area contributed by atoms with Crippen molar-refractivity contribution in [2.75, 3.05) is 42.5 Å². The molecule has 0 bridgehead atoms. The van der Waals surface area contributed by atoms with Gasteiger partial charge in [0.25, 0.3) is 0 Å². The van der Waals surface area contributed by atoms with Gasteiger partial charge in [-0.2, -0.15) is 0 Å². The molecule has 2 heterocycles. The normalized spacial score (nSPS) is 15.1. The Bertz CT molecular complexity index is 718. The summed E-state index contributed by atoms with van der Waals surface area (Å²) in [6.07, 6.45) is 5.37. The molecule has 0 aliphatic carbocycles. The molecule has 8 heteroatoms. The van der Waals surface area contributed by atoms with Crippen LogP contribution in [0.1, 0.15) is 19.3 Å². The maximum absolute atomic E-state index is 6.21. The van der Waals surface area contributed by atoms with Gasteiger partial charge in [0, 0.05) is 13.1 Å². The number of nitrogen functional groups attached to an aromatic ring is 1. The Hall–Kier alpha value is -1.76. The van der Waals surface area contributed by atoms with Crippen LogP contribution in [0.3, 0.4) is 0 Å². The van der Waals surface area contributed by atoms with Crippen LogP contribution < -0.4 is 16.4 Å². The minimum Gasteiger partial charge on any atom is -0.393 e. The summed E-state index contributed by atoms with van der Waals surface area (Å²) in [6.45, 7) is 4.10. The molecule has 1 aliphatic heterocycles. The summed E-state index contributed by atoms with van der Waals surface area (Å²) in [5, 5.41) is 7.32. The predicted octanol–water partition coefficient (Wildman–Crippen LogP) is 4.01. The van der Waals surface area contributed by atoms with Crippen molar-refractivity contribution in [3.8, 4) is 0 Å². The Morgan fingerprint density at radius 3 is 2.64 bits per heavy atom. The van der Waals surface area contributed by atoms with E-state index < -0.39 is 0 Å². The Kier molecular flexibility index (Phi) is 6.18. The Balaban J connectivity index is 1.64. The van der Waals surface area contributed by atoms with Gasteiger partial charge in [-0.25, -0.2) is 9.97 Å². The number of nitrogens with zero attached hydrogens (tertiary/aromatic N) is 3. The summed E-state index contributed by atoms with van der Waals surface area (Å²) in [4.78, 5) is 10.9. The Morgan fingerprint density at radius 2 is 1.84 bits per heavy atom. The SMILES string of the molecule is Nc1c(NCCN2CCCCC2)ncnc1Nc1cccc(Cl)c1Cl. The first-order valence-electron chi connectivity index (χ1n) is 8.43. The van der Waals surface area contributed by atoms with Crippen molar-refractivity contribution in [1.82, 2.24) is 14.9 Å². The van der Waals surface area contributed by atoms with Crippen LogP contribution in [-0.4, -0.2) is 41.0 Å². The third-order valence-corrected chi connectivity index (χ3v) is 5.08. The number of piperidine rings is 1. The van der Waals surface area contributed by atoms with Gasteiger partial charge in [-0.05, 0) is 38.1 Å². The lowest BCUT2D eigenvalue weighted by atomic mass is 10.1. The zero-order valence-corrected chi connectivity index (χ0v) is 15.4. The lowest BCUT2D eigenvalue weighted by molar-refractivity contribution is 0.237. The number of rotatable bonds is 6. The van der Waals surface area contributed by atoms with Gasteiger partial charge in [-0.3, -0.25) is 0 Å². The predicted molar refractivity (Wildman–Crippen MR) is 105 cm³/mol. The van der Waals surface area contributed by atoms with E-state index in [9.17, 15) is 0 Å². The summed E-state index contributed by atoms with van der Waals surface area (Å²) < 4.78 is 0. The Morgan fingerprint density at radius 1 is 1.08 bits per heavy atom. The minimum absolute atomic E-state index is 0.432. The molecule has 25 heavy (non-hydrogen) atoms. The number of hydrogen-bond acceptors (Lipinski definition) is 6. The molecule has 1 saturated heterocycles. The van der Waals surface area contributed by atoms with Gasteiger partial charge >= 0.3 is 0 Å². The van der Waals surface area contributed by atoms with E-state index in [0.29, 0.717) is 33.1 Å². The first-order chi connectivity index (χ1) is 12.1. The van der Waals surface area contributed by atoms with Crippen molar-refractivity contribution in [3.63, 3.8) is 0 Å². The van der Waals surface area contributed by atoms with Crippen LogP contribution in [0.4, 0.5) is 23.0 Å². The molecule has 2 aromatic rings. The molecule has 0 saturated carbocycles. The number of hydrogen-bond donors (Lipinski definition) is 3. The van der Waals surface area contributed by atoms with E-state index in [-0.39, 0.29) is 0 Å². The summed E-state index contributed by atoms with van der Waals surface area (Å²) in [6, 6.07) is 5.36. The first kappa shape index (κ1) is 18.0. The highest BCUT2D eigenvalue weighted by Gasteiger charge is 2.12. The number of nitrogens with two attached hydrogens (primary N) is 1. The van der Waals surface area contributed by atoms with E-state index >= 15 is 0 Å². The van der Waals surface area contributed by atoms with Crippen LogP contribution in [0.2, 0.25) is 10.0 Å². The lowest BCUT2D eigenvalue weighted by Gasteiger charge is -2.26. The highest BCUT2D eigenvalue weighted by Crippen LogP contribution is 2.33. The van der Waals surface area contributed by atoms with Crippen molar-refractivity contribution in [1.29, 1.82) is 0 Å². The smallest absolute Gasteiger partial charge is 0.159 e. The van der Waals surface area contributed by atoms with E-state index in [1.165, 1.54) is 38.7 Å². The molecule has 0 radical (unpaired) electrons. The summed E-state index contributed by atoms with van der Waals surface area (Å²) >= 11 is 12.2. The summed E-state index contributed by atoms with van der Waals surface area (Å²) in [7, 11) is 0. The molecular formula is C17H22Cl2N6. The summed E-state index contributed by atoms with van der Waals surface area (Å²) in [5.41, 5.74) is 7.31. The minimum atomic E-state index is 0.432. The van der Waals surface area contributed by atoms with E-state index in [4.69, 9.17) is 28.9 Å². The zero-order valence-electron chi connectivity index (χ0n) is 13.9. The molecule has 1 aromatic heterocycles. The molecule has 0 spiro atoms. The molecule has 3 rings (SSSR count). The Labute approximate surface area is 157 Å². The number of anilines is 4. The fourth-order valence-corrected chi connectivity index (χ4v) is 3.23. The maximum Gasteiger partial charge on any atom is 0.159 e. The highest BCUT2D eigenvalue weighted by atomic mass is 35.5. The van der Waals surface area contributed by atoms with Crippen LogP contribution in [0.5, 0.6) is 0 Å². The molecule has 1 aliphatic rings. The van der Waals surface area contributed by atoms with Crippen LogP contribution in [0.15, 0.2) is 24.5 Å². The third-order valence-electron chi connectivity index (χ3n) is 4.26. The van der Waals surface area contributed by atoms with Gasteiger partial charge in [-0.15, -0.1) is 0 Å².